The number of benzene rings is 6. The summed E-state index contributed by atoms with van der Waals surface area (Å²) in [5, 5.41) is 8.08. The Morgan fingerprint density at radius 3 is 2.12 bits per heavy atom. The first kappa shape index (κ1) is 17.6. The van der Waals surface area contributed by atoms with Crippen LogP contribution in [0.1, 0.15) is 0 Å². The van der Waals surface area contributed by atoms with Crippen LogP contribution in [0.15, 0.2) is 109 Å². The second-order valence-electron chi connectivity index (χ2n) is 8.95. The van der Waals surface area contributed by atoms with Crippen LogP contribution in [-0.2, 0) is 0 Å². The molecule has 0 N–H and O–H groups in total. The Labute approximate surface area is 195 Å². The van der Waals surface area contributed by atoms with E-state index >= 15 is 0 Å². The van der Waals surface area contributed by atoms with E-state index in [1.807, 2.05) is 11.3 Å². The number of rotatable bonds is 1. The van der Waals surface area contributed by atoms with E-state index in [4.69, 9.17) is 0 Å². The quantitative estimate of drug-likeness (QED) is 0.241. The van der Waals surface area contributed by atoms with Crippen LogP contribution in [0.4, 0.5) is 0 Å². The van der Waals surface area contributed by atoms with E-state index in [-0.39, 0.29) is 0 Å². The summed E-state index contributed by atoms with van der Waals surface area (Å²) in [5.74, 6) is 0. The Kier molecular flexibility index (Phi) is 3.37. The summed E-state index contributed by atoms with van der Waals surface area (Å²) in [4.78, 5) is 0. The van der Waals surface area contributed by atoms with Crippen molar-refractivity contribution in [3.63, 3.8) is 0 Å². The van der Waals surface area contributed by atoms with Gasteiger partial charge in [0.1, 0.15) is 0 Å². The summed E-state index contributed by atoms with van der Waals surface area (Å²) in [6.07, 6.45) is 0. The molecule has 0 saturated carbocycles. The van der Waals surface area contributed by atoms with E-state index in [1.165, 1.54) is 75.1 Å². The van der Waals surface area contributed by atoms with E-state index in [0.29, 0.717) is 0 Å². The fourth-order valence-corrected chi connectivity index (χ4v) is 6.84. The van der Waals surface area contributed by atoms with Crippen molar-refractivity contribution in [3.8, 4) is 33.4 Å². The van der Waals surface area contributed by atoms with E-state index in [1.54, 1.807) is 0 Å². The summed E-state index contributed by atoms with van der Waals surface area (Å²) in [6.45, 7) is 0. The second-order valence-corrected chi connectivity index (χ2v) is 10.0. The highest BCUT2D eigenvalue weighted by Gasteiger charge is 2.21. The smallest absolute Gasteiger partial charge is 0.0361 e. The lowest BCUT2D eigenvalue weighted by Crippen LogP contribution is -1.83. The number of hydrogen-bond donors (Lipinski definition) is 0. The number of fused-ring (bicyclic) bond motifs is 8. The summed E-state index contributed by atoms with van der Waals surface area (Å²) >= 11 is 1.88. The SMILES string of the molecule is c1ccc2c(c1)-c1cccc3cc(-c4ccc5c(ccc6sc7ccccc7c65)c4)cc-2c13. The Morgan fingerprint density at radius 2 is 1.18 bits per heavy atom. The highest BCUT2D eigenvalue weighted by Crippen LogP contribution is 2.48. The molecule has 0 bridgehead atoms. The van der Waals surface area contributed by atoms with Gasteiger partial charge < -0.3 is 0 Å². The third kappa shape index (κ3) is 2.35. The minimum Gasteiger partial charge on any atom is -0.135 e. The number of thiophene rings is 1. The minimum atomic E-state index is 1.27. The van der Waals surface area contributed by atoms with Gasteiger partial charge in [0, 0.05) is 20.2 Å². The lowest BCUT2D eigenvalue weighted by atomic mass is 9.94. The van der Waals surface area contributed by atoms with E-state index in [9.17, 15) is 0 Å². The van der Waals surface area contributed by atoms with E-state index in [2.05, 4.69) is 109 Å². The van der Waals surface area contributed by atoms with Crippen molar-refractivity contribution >= 4 is 53.1 Å². The van der Waals surface area contributed by atoms with Gasteiger partial charge in [0.2, 0.25) is 0 Å². The molecule has 0 unspecified atom stereocenters. The van der Waals surface area contributed by atoms with Crippen LogP contribution in [-0.4, -0.2) is 0 Å². The first-order chi connectivity index (χ1) is 16.3. The molecule has 1 heteroatoms. The van der Waals surface area contributed by atoms with Gasteiger partial charge in [-0.05, 0) is 85.3 Å². The van der Waals surface area contributed by atoms with Crippen molar-refractivity contribution < 1.29 is 0 Å². The molecule has 0 spiro atoms. The van der Waals surface area contributed by atoms with Gasteiger partial charge in [-0.15, -0.1) is 11.3 Å². The van der Waals surface area contributed by atoms with Crippen molar-refractivity contribution in [2.45, 2.75) is 0 Å². The van der Waals surface area contributed by atoms with Gasteiger partial charge in [0.15, 0.2) is 0 Å². The standard InChI is InChI=1S/C32H18S/c1-2-8-25-24(7-1)26-10-5-6-21-17-22(18-28(25)31(21)26)19-12-14-23-20(16-19)13-15-30-32(23)27-9-3-4-11-29(27)33-30/h1-18H. The maximum atomic E-state index is 2.39. The van der Waals surface area contributed by atoms with Crippen molar-refractivity contribution in [1.29, 1.82) is 0 Å². The molecule has 0 saturated heterocycles. The molecular weight excluding hydrogens is 416 g/mol. The van der Waals surface area contributed by atoms with Crippen LogP contribution in [0.2, 0.25) is 0 Å². The molecular formula is C32H18S. The zero-order valence-electron chi connectivity index (χ0n) is 17.8. The van der Waals surface area contributed by atoms with Gasteiger partial charge in [0.25, 0.3) is 0 Å². The average molecular weight is 435 g/mol. The van der Waals surface area contributed by atoms with Gasteiger partial charge in [-0.25, -0.2) is 0 Å². The third-order valence-electron chi connectivity index (χ3n) is 7.18. The molecule has 6 aromatic carbocycles. The van der Waals surface area contributed by atoms with Crippen molar-refractivity contribution in [2.75, 3.05) is 0 Å². The fraction of sp³-hybridized carbons (Fsp3) is 0. The first-order valence-corrected chi connectivity index (χ1v) is 12.2. The maximum absolute atomic E-state index is 2.39. The molecule has 1 aromatic heterocycles. The zero-order chi connectivity index (χ0) is 21.5. The van der Waals surface area contributed by atoms with Gasteiger partial charge >= 0.3 is 0 Å². The first-order valence-electron chi connectivity index (χ1n) is 11.4. The predicted octanol–water partition coefficient (Wildman–Crippen LogP) is 9.68. The monoisotopic (exact) mass is 434 g/mol. The Morgan fingerprint density at radius 1 is 0.394 bits per heavy atom. The molecule has 152 valence electrons. The summed E-state index contributed by atoms with van der Waals surface area (Å²) < 4.78 is 2.72. The molecule has 1 heterocycles. The van der Waals surface area contributed by atoms with Crippen LogP contribution in [0, 0.1) is 0 Å². The third-order valence-corrected chi connectivity index (χ3v) is 8.31. The predicted molar refractivity (Wildman–Crippen MR) is 144 cm³/mol. The van der Waals surface area contributed by atoms with Gasteiger partial charge in [-0.3, -0.25) is 0 Å². The molecule has 0 atom stereocenters. The molecule has 1 aliphatic carbocycles. The Hall–Kier alpha value is -3.94. The summed E-state index contributed by atoms with van der Waals surface area (Å²) in [7, 11) is 0. The average Bonchev–Trinajstić information content (AvgIpc) is 3.41. The largest absolute Gasteiger partial charge is 0.135 e. The molecule has 0 nitrogen and oxygen atoms in total. The highest BCUT2D eigenvalue weighted by atomic mass is 32.1. The normalized spacial score (nSPS) is 12.2. The molecule has 33 heavy (non-hydrogen) atoms. The minimum absolute atomic E-state index is 1.27. The van der Waals surface area contributed by atoms with Crippen LogP contribution in [0.5, 0.6) is 0 Å². The van der Waals surface area contributed by atoms with Gasteiger partial charge in [-0.2, -0.15) is 0 Å². The Bertz CT molecular complexity index is 1920. The van der Waals surface area contributed by atoms with Crippen LogP contribution >= 0.6 is 11.3 Å². The molecule has 0 fully saturated rings. The van der Waals surface area contributed by atoms with Crippen LogP contribution in [0.3, 0.4) is 0 Å². The molecule has 0 aliphatic heterocycles. The van der Waals surface area contributed by atoms with Gasteiger partial charge in [0.05, 0.1) is 0 Å². The van der Waals surface area contributed by atoms with E-state index < -0.39 is 0 Å². The molecule has 8 rings (SSSR count). The second kappa shape index (κ2) is 6.31. The number of hydrogen-bond acceptors (Lipinski definition) is 1. The summed E-state index contributed by atoms with van der Waals surface area (Å²) in [5.41, 5.74) is 7.96. The molecule has 1 aliphatic rings. The lowest BCUT2D eigenvalue weighted by molar-refractivity contribution is 1.68. The van der Waals surface area contributed by atoms with Gasteiger partial charge in [-0.1, -0.05) is 78.9 Å². The van der Waals surface area contributed by atoms with Crippen LogP contribution < -0.4 is 0 Å². The zero-order valence-corrected chi connectivity index (χ0v) is 18.6. The summed E-state index contributed by atoms with van der Waals surface area (Å²) in [6, 6.07) is 40.5. The molecule has 0 radical (unpaired) electrons. The lowest BCUT2D eigenvalue weighted by Gasteiger charge is -2.10. The van der Waals surface area contributed by atoms with E-state index in [0.717, 1.165) is 0 Å². The Balaban J connectivity index is 1.39. The molecule has 7 aromatic rings. The molecule has 0 amide bonds. The topological polar surface area (TPSA) is 0 Å². The highest BCUT2D eigenvalue weighted by molar-refractivity contribution is 7.26. The van der Waals surface area contributed by atoms with Crippen LogP contribution in [0.25, 0.3) is 75.1 Å². The van der Waals surface area contributed by atoms with Crippen molar-refractivity contribution in [1.82, 2.24) is 0 Å². The van der Waals surface area contributed by atoms with Crippen molar-refractivity contribution in [2.24, 2.45) is 0 Å². The maximum Gasteiger partial charge on any atom is 0.0361 e. The fourth-order valence-electron chi connectivity index (χ4n) is 5.72. The van der Waals surface area contributed by atoms with Crippen molar-refractivity contribution in [3.05, 3.63) is 109 Å².